The molecule has 5 nitrogen and oxygen atoms in total. The van der Waals surface area contributed by atoms with Crippen LogP contribution in [-0.4, -0.2) is 18.1 Å². The maximum Gasteiger partial charge on any atom is 0.165 e. The van der Waals surface area contributed by atoms with Crippen LogP contribution in [0.25, 0.3) is 0 Å². The molecule has 0 spiro atoms. The van der Waals surface area contributed by atoms with Crippen molar-refractivity contribution in [1.82, 2.24) is 4.98 Å². The van der Waals surface area contributed by atoms with Crippen molar-refractivity contribution >= 4 is 22.9 Å². The average molecular weight is 279 g/mol. The van der Waals surface area contributed by atoms with Gasteiger partial charge in [-0.2, -0.15) is 5.26 Å². The maximum absolute atomic E-state index is 8.94. The molecule has 0 unspecified atom stereocenters. The number of rotatable bonds is 3. The molecule has 0 saturated carbocycles. The molecule has 2 heterocycles. The van der Waals surface area contributed by atoms with Crippen molar-refractivity contribution in [3.05, 3.63) is 42.1 Å². The van der Waals surface area contributed by atoms with E-state index in [1.165, 1.54) is 18.5 Å². The highest BCUT2D eigenvalue weighted by molar-refractivity contribution is 5.63. The minimum absolute atomic E-state index is 0.244. The summed E-state index contributed by atoms with van der Waals surface area (Å²) in [5.41, 5.74) is 8.50. The molecule has 0 amide bonds. The van der Waals surface area contributed by atoms with Crippen LogP contribution in [0.3, 0.4) is 0 Å². The second-order valence-electron chi connectivity index (χ2n) is 5.11. The Labute approximate surface area is 124 Å². The van der Waals surface area contributed by atoms with E-state index in [0.29, 0.717) is 11.5 Å². The van der Waals surface area contributed by atoms with E-state index in [9.17, 15) is 0 Å². The summed E-state index contributed by atoms with van der Waals surface area (Å²) in [5.74, 6) is 0.620. The van der Waals surface area contributed by atoms with Crippen molar-refractivity contribution < 1.29 is 0 Å². The SMILES string of the molecule is N#Cc1nc(Nc2ccc(N3CCCC3)cc2)ccc1N. The van der Waals surface area contributed by atoms with Gasteiger partial charge in [0.05, 0.1) is 5.69 Å². The molecule has 1 saturated heterocycles. The Hall–Kier alpha value is -2.74. The Morgan fingerprint density at radius 3 is 2.48 bits per heavy atom. The highest BCUT2D eigenvalue weighted by Crippen LogP contribution is 2.24. The highest BCUT2D eigenvalue weighted by Gasteiger charge is 2.11. The predicted molar refractivity (Wildman–Crippen MR) is 84.5 cm³/mol. The van der Waals surface area contributed by atoms with E-state index < -0.39 is 0 Å². The summed E-state index contributed by atoms with van der Waals surface area (Å²) in [4.78, 5) is 6.57. The zero-order valence-corrected chi connectivity index (χ0v) is 11.7. The first kappa shape index (κ1) is 13.3. The summed E-state index contributed by atoms with van der Waals surface area (Å²) >= 11 is 0. The lowest BCUT2D eigenvalue weighted by Crippen LogP contribution is -2.17. The van der Waals surface area contributed by atoms with Crippen molar-refractivity contribution in [3.8, 4) is 6.07 Å². The molecule has 3 N–H and O–H groups in total. The first-order valence-corrected chi connectivity index (χ1v) is 7.05. The van der Waals surface area contributed by atoms with Crippen LogP contribution < -0.4 is 16.0 Å². The summed E-state index contributed by atoms with van der Waals surface area (Å²) in [6.07, 6.45) is 2.54. The average Bonchev–Trinajstić information content (AvgIpc) is 3.04. The van der Waals surface area contributed by atoms with Crippen LogP contribution in [0.1, 0.15) is 18.5 Å². The molecule has 1 aliphatic heterocycles. The standard InChI is InChI=1S/C16H17N5/c17-11-15-14(18)7-8-16(20-15)19-12-3-5-13(6-4-12)21-9-1-2-10-21/h3-8H,1-2,9-10,18H2,(H,19,20). The van der Waals surface area contributed by atoms with Gasteiger partial charge in [0.2, 0.25) is 0 Å². The maximum atomic E-state index is 8.94. The lowest BCUT2D eigenvalue weighted by atomic mass is 10.2. The third-order valence-electron chi connectivity index (χ3n) is 3.64. The van der Waals surface area contributed by atoms with Crippen molar-refractivity contribution in [2.75, 3.05) is 29.0 Å². The lowest BCUT2D eigenvalue weighted by Gasteiger charge is -2.17. The van der Waals surface area contributed by atoms with E-state index in [1.54, 1.807) is 12.1 Å². The van der Waals surface area contributed by atoms with Gasteiger partial charge < -0.3 is 16.0 Å². The van der Waals surface area contributed by atoms with Crippen LogP contribution in [0.5, 0.6) is 0 Å². The van der Waals surface area contributed by atoms with E-state index in [-0.39, 0.29) is 5.69 Å². The second kappa shape index (κ2) is 5.71. The van der Waals surface area contributed by atoms with Gasteiger partial charge in [-0.3, -0.25) is 0 Å². The van der Waals surface area contributed by atoms with Crippen LogP contribution in [0.2, 0.25) is 0 Å². The zero-order chi connectivity index (χ0) is 14.7. The number of hydrogen-bond donors (Lipinski definition) is 2. The summed E-state index contributed by atoms with van der Waals surface area (Å²) in [6, 6.07) is 13.7. The van der Waals surface area contributed by atoms with Crippen LogP contribution in [-0.2, 0) is 0 Å². The third-order valence-corrected chi connectivity index (χ3v) is 3.64. The fraction of sp³-hybridized carbons (Fsp3) is 0.250. The molecule has 1 fully saturated rings. The first-order valence-electron chi connectivity index (χ1n) is 7.05. The Morgan fingerprint density at radius 2 is 1.81 bits per heavy atom. The van der Waals surface area contributed by atoms with Gasteiger partial charge in [0, 0.05) is 24.5 Å². The lowest BCUT2D eigenvalue weighted by molar-refractivity contribution is 0.949. The molecule has 21 heavy (non-hydrogen) atoms. The number of benzene rings is 1. The third kappa shape index (κ3) is 2.90. The van der Waals surface area contributed by atoms with Gasteiger partial charge in [-0.15, -0.1) is 0 Å². The monoisotopic (exact) mass is 279 g/mol. The molecule has 0 atom stereocenters. The van der Waals surface area contributed by atoms with Gasteiger partial charge in [-0.1, -0.05) is 0 Å². The summed E-state index contributed by atoms with van der Waals surface area (Å²) < 4.78 is 0. The normalized spacial score (nSPS) is 14.0. The summed E-state index contributed by atoms with van der Waals surface area (Å²) in [5, 5.41) is 12.1. The number of aromatic nitrogens is 1. The Balaban J connectivity index is 1.74. The largest absolute Gasteiger partial charge is 0.396 e. The first-order chi connectivity index (χ1) is 10.3. The number of hydrogen-bond acceptors (Lipinski definition) is 5. The second-order valence-corrected chi connectivity index (χ2v) is 5.11. The molecule has 1 aliphatic rings. The molecular formula is C16H17N5. The molecule has 5 heteroatoms. The minimum Gasteiger partial charge on any atom is -0.396 e. The van der Waals surface area contributed by atoms with Crippen LogP contribution in [0, 0.1) is 11.3 Å². The predicted octanol–water partition coefficient (Wildman–Crippen LogP) is 2.88. The number of pyridine rings is 1. The van der Waals surface area contributed by atoms with Crippen LogP contribution >= 0.6 is 0 Å². The molecule has 2 aromatic rings. The number of nitrogens with zero attached hydrogens (tertiary/aromatic N) is 3. The van der Waals surface area contributed by atoms with Crippen molar-refractivity contribution in [3.63, 3.8) is 0 Å². The molecular weight excluding hydrogens is 262 g/mol. The van der Waals surface area contributed by atoms with Gasteiger partial charge in [0.15, 0.2) is 5.69 Å². The van der Waals surface area contributed by atoms with Crippen molar-refractivity contribution in [2.24, 2.45) is 0 Å². The minimum atomic E-state index is 0.244. The molecule has 3 rings (SSSR count). The van der Waals surface area contributed by atoms with E-state index in [4.69, 9.17) is 11.0 Å². The van der Waals surface area contributed by atoms with Crippen molar-refractivity contribution in [1.29, 1.82) is 5.26 Å². The topological polar surface area (TPSA) is 78.0 Å². The van der Waals surface area contributed by atoms with E-state index in [2.05, 4.69) is 27.3 Å². The van der Waals surface area contributed by atoms with Crippen molar-refractivity contribution in [2.45, 2.75) is 12.8 Å². The zero-order valence-electron chi connectivity index (χ0n) is 11.7. The van der Waals surface area contributed by atoms with Gasteiger partial charge in [0.1, 0.15) is 11.9 Å². The van der Waals surface area contributed by atoms with E-state index >= 15 is 0 Å². The van der Waals surface area contributed by atoms with Crippen LogP contribution in [0.15, 0.2) is 36.4 Å². The van der Waals surface area contributed by atoms with Crippen LogP contribution in [0.4, 0.5) is 22.9 Å². The molecule has 1 aromatic carbocycles. The van der Waals surface area contributed by atoms with E-state index in [1.807, 2.05) is 18.2 Å². The molecule has 0 radical (unpaired) electrons. The number of anilines is 4. The summed E-state index contributed by atoms with van der Waals surface area (Å²) in [6.45, 7) is 2.27. The smallest absolute Gasteiger partial charge is 0.165 e. The Bertz CT molecular complexity index is 666. The fourth-order valence-corrected chi connectivity index (χ4v) is 2.51. The van der Waals surface area contributed by atoms with Gasteiger partial charge >= 0.3 is 0 Å². The molecule has 0 aliphatic carbocycles. The molecule has 106 valence electrons. The molecule has 0 bridgehead atoms. The highest BCUT2D eigenvalue weighted by atomic mass is 15.1. The van der Waals surface area contributed by atoms with Gasteiger partial charge in [0.25, 0.3) is 0 Å². The summed E-state index contributed by atoms with van der Waals surface area (Å²) in [7, 11) is 0. The van der Waals surface area contributed by atoms with Gasteiger partial charge in [-0.25, -0.2) is 4.98 Å². The fourth-order valence-electron chi connectivity index (χ4n) is 2.51. The number of nitrogens with one attached hydrogen (secondary N) is 1. The van der Waals surface area contributed by atoms with E-state index in [0.717, 1.165) is 18.8 Å². The van der Waals surface area contributed by atoms with Gasteiger partial charge in [-0.05, 0) is 49.2 Å². The Morgan fingerprint density at radius 1 is 1.10 bits per heavy atom. The number of nitrogen functional groups attached to an aromatic ring is 1. The molecule has 1 aromatic heterocycles. The number of nitriles is 1. The quantitative estimate of drug-likeness (QED) is 0.903. The Kier molecular flexibility index (Phi) is 3.61. The number of nitrogens with two attached hydrogens (primary N) is 1.